The first-order chi connectivity index (χ1) is 9.97. The number of halogens is 1. The highest BCUT2D eigenvalue weighted by molar-refractivity contribution is 6.31. The number of benzene rings is 1. The Bertz CT molecular complexity index is 544. The number of rotatable bonds is 4. The van der Waals surface area contributed by atoms with Gasteiger partial charge in [-0.05, 0) is 49.8 Å². The van der Waals surface area contributed by atoms with Gasteiger partial charge in [0.15, 0.2) is 0 Å². The van der Waals surface area contributed by atoms with Gasteiger partial charge in [0, 0.05) is 30.1 Å². The van der Waals surface area contributed by atoms with E-state index in [2.05, 4.69) is 0 Å². The first-order valence-electron chi connectivity index (χ1n) is 7.24. The molecular formula is C16H20ClNO3. The zero-order valence-electron chi connectivity index (χ0n) is 12.1. The van der Waals surface area contributed by atoms with Crippen LogP contribution in [-0.4, -0.2) is 35.0 Å². The molecule has 0 unspecified atom stereocenters. The number of nitrogens with zero attached hydrogens (tertiary/aromatic N) is 1. The van der Waals surface area contributed by atoms with E-state index in [1.54, 1.807) is 12.1 Å². The maximum Gasteiger partial charge on any atom is 0.303 e. The molecule has 0 spiro atoms. The molecule has 1 N–H and O–H groups in total. The van der Waals surface area contributed by atoms with Gasteiger partial charge in [0.1, 0.15) is 0 Å². The summed E-state index contributed by atoms with van der Waals surface area (Å²) in [4.78, 5) is 25.0. The van der Waals surface area contributed by atoms with Gasteiger partial charge in [0.05, 0.1) is 0 Å². The predicted octanol–water partition coefficient (Wildman–Crippen LogP) is 3.37. The number of likely N-dealkylation sites (tertiary alicyclic amines) is 1. The van der Waals surface area contributed by atoms with E-state index < -0.39 is 5.97 Å². The maximum atomic E-state index is 12.5. The number of carbonyl (C=O) groups excluding carboxylic acids is 1. The quantitative estimate of drug-likeness (QED) is 0.927. The number of piperidine rings is 1. The summed E-state index contributed by atoms with van der Waals surface area (Å²) in [5.41, 5.74) is 1.55. The van der Waals surface area contributed by atoms with Crippen LogP contribution in [0, 0.1) is 12.8 Å². The molecule has 1 atom stereocenters. The normalized spacial score (nSPS) is 18.6. The lowest BCUT2D eigenvalue weighted by Crippen LogP contribution is -2.40. The number of carboxylic acids is 1. The Hall–Kier alpha value is -1.55. The molecule has 0 aliphatic carbocycles. The number of hydrogen-bond acceptors (Lipinski definition) is 2. The minimum absolute atomic E-state index is 0.0167. The average Bonchev–Trinajstić information content (AvgIpc) is 2.47. The molecule has 1 aliphatic heterocycles. The summed E-state index contributed by atoms with van der Waals surface area (Å²) in [6.07, 6.45) is 2.72. The lowest BCUT2D eigenvalue weighted by atomic mass is 9.93. The van der Waals surface area contributed by atoms with Crippen molar-refractivity contribution in [1.29, 1.82) is 0 Å². The van der Waals surface area contributed by atoms with Crippen LogP contribution in [0.5, 0.6) is 0 Å². The molecule has 21 heavy (non-hydrogen) atoms. The lowest BCUT2D eigenvalue weighted by molar-refractivity contribution is -0.137. The SMILES string of the molecule is Cc1ccc(C(=O)N2CCC[C@@H](CCC(=O)O)C2)cc1Cl. The van der Waals surface area contributed by atoms with Gasteiger partial charge in [-0.3, -0.25) is 9.59 Å². The number of aryl methyl sites for hydroxylation is 1. The fourth-order valence-electron chi connectivity index (χ4n) is 2.72. The third-order valence-corrected chi connectivity index (χ3v) is 4.40. The van der Waals surface area contributed by atoms with E-state index in [4.69, 9.17) is 16.7 Å². The van der Waals surface area contributed by atoms with Crippen molar-refractivity contribution in [2.24, 2.45) is 5.92 Å². The van der Waals surface area contributed by atoms with Gasteiger partial charge in [-0.1, -0.05) is 17.7 Å². The zero-order chi connectivity index (χ0) is 15.4. The summed E-state index contributed by atoms with van der Waals surface area (Å²) >= 11 is 6.07. The number of hydrogen-bond donors (Lipinski definition) is 1. The Kier molecular flexibility index (Phi) is 5.23. The second kappa shape index (κ2) is 6.94. The van der Waals surface area contributed by atoms with E-state index >= 15 is 0 Å². The van der Waals surface area contributed by atoms with E-state index in [1.165, 1.54) is 0 Å². The van der Waals surface area contributed by atoms with E-state index in [0.29, 0.717) is 23.6 Å². The first-order valence-corrected chi connectivity index (χ1v) is 7.62. The van der Waals surface area contributed by atoms with Crippen molar-refractivity contribution in [3.05, 3.63) is 34.3 Å². The minimum atomic E-state index is -0.774. The van der Waals surface area contributed by atoms with Gasteiger partial charge >= 0.3 is 5.97 Å². The Labute approximate surface area is 129 Å². The molecule has 1 aromatic rings. The predicted molar refractivity (Wildman–Crippen MR) is 81.7 cm³/mol. The van der Waals surface area contributed by atoms with Crippen molar-refractivity contribution in [2.45, 2.75) is 32.6 Å². The zero-order valence-corrected chi connectivity index (χ0v) is 12.9. The standard InChI is InChI=1S/C16H20ClNO3/c1-11-4-6-13(9-14(11)17)16(21)18-8-2-3-12(10-18)5-7-15(19)20/h4,6,9,12H,2-3,5,7-8,10H2,1H3,(H,19,20)/t12-/m0/s1. The Morgan fingerprint density at radius 3 is 2.86 bits per heavy atom. The van der Waals surface area contributed by atoms with Crippen LogP contribution in [-0.2, 0) is 4.79 Å². The van der Waals surface area contributed by atoms with Crippen molar-refractivity contribution in [2.75, 3.05) is 13.1 Å². The van der Waals surface area contributed by atoms with Crippen molar-refractivity contribution in [3.8, 4) is 0 Å². The summed E-state index contributed by atoms with van der Waals surface area (Å²) in [5.74, 6) is -0.514. The smallest absolute Gasteiger partial charge is 0.303 e. The maximum absolute atomic E-state index is 12.5. The van der Waals surface area contributed by atoms with Crippen LogP contribution >= 0.6 is 11.6 Å². The lowest BCUT2D eigenvalue weighted by Gasteiger charge is -2.32. The molecule has 1 saturated heterocycles. The summed E-state index contributed by atoms with van der Waals surface area (Å²) in [7, 11) is 0. The van der Waals surface area contributed by atoms with E-state index in [0.717, 1.165) is 24.9 Å². The number of amides is 1. The highest BCUT2D eigenvalue weighted by Crippen LogP contribution is 2.24. The van der Waals surface area contributed by atoms with Gasteiger partial charge in [0.25, 0.3) is 5.91 Å². The Balaban J connectivity index is 2.01. The first kappa shape index (κ1) is 15.8. The van der Waals surface area contributed by atoms with Crippen LogP contribution in [0.1, 0.15) is 41.6 Å². The monoisotopic (exact) mass is 309 g/mol. The van der Waals surface area contributed by atoms with Crippen LogP contribution in [0.4, 0.5) is 0 Å². The summed E-state index contributed by atoms with van der Waals surface area (Å²) in [6.45, 7) is 3.27. The van der Waals surface area contributed by atoms with Crippen molar-refractivity contribution >= 4 is 23.5 Å². The molecular weight excluding hydrogens is 290 g/mol. The molecule has 0 saturated carbocycles. The van der Waals surface area contributed by atoms with E-state index in [1.807, 2.05) is 17.9 Å². The minimum Gasteiger partial charge on any atom is -0.481 e. The molecule has 2 rings (SSSR count). The molecule has 114 valence electrons. The van der Waals surface area contributed by atoms with Gasteiger partial charge < -0.3 is 10.0 Å². The Morgan fingerprint density at radius 2 is 2.19 bits per heavy atom. The van der Waals surface area contributed by atoms with Gasteiger partial charge in [-0.15, -0.1) is 0 Å². The fourth-order valence-corrected chi connectivity index (χ4v) is 2.90. The third kappa shape index (κ3) is 4.21. The molecule has 1 aliphatic rings. The van der Waals surface area contributed by atoms with Gasteiger partial charge in [-0.25, -0.2) is 0 Å². The average molecular weight is 310 g/mol. The fraction of sp³-hybridized carbons (Fsp3) is 0.500. The van der Waals surface area contributed by atoms with Crippen LogP contribution in [0.25, 0.3) is 0 Å². The topological polar surface area (TPSA) is 57.6 Å². The number of aliphatic carboxylic acids is 1. The molecule has 5 heteroatoms. The van der Waals surface area contributed by atoms with E-state index in [9.17, 15) is 9.59 Å². The molecule has 0 radical (unpaired) electrons. The third-order valence-electron chi connectivity index (χ3n) is 3.99. The molecule has 1 aromatic carbocycles. The molecule has 1 heterocycles. The van der Waals surface area contributed by atoms with Crippen molar-refractivity contribution < 1.29 is 14.7 Å². The second-order valence-corrected chi connectivity index (χ2v) is 6.06. The van der Waals surface area contributed by atoms with Gasteiger partial charge in [0.2, 0.25) is 0 Å². The van der Waals surface area contributed by atoms with Crippen LogP contribution in [0.2, 0.25) is 5.02 Å². The second-order valence-electron chi connectivity index (χ2n) is 5.66. The molecule has 0 bridgehead atoms. The molecule has 4 nitrogen and oxygen atoms in total. The summed E-state index contributed by atoms with van der Waals surface area (Å²) in [5, 5.41) is 9.36. The van der Waals surface area contributed by atoms with Crippen LogP contribution in [0.15, 0.2) is 18.2 Å². The van der Waals surface area contributed by atoms with E-state index in [-0.39, 0.29) is 18.2 Å². The number of carbonyl (C=O) groups is 2. The van der Waals surface area contributed by atoms with Crippen molar-refractivity contribution in [3.63, 3.8) is 0 Å². The van der Waals surface area contributed by atoms with Gasteiger partial charge in [-0.2, -0.15) is 0 Å². The molecule has 1 amide bonds. The van der Waals surface area contributed by atoms with Crippen molar-refractivity contribution in [1.82, 2.24) is 4.90 Å². The van der Waals surface area contributed by atoms with Crippen LogP contribution in [0.3, 0.4) is 0 Å². The highest BCUT2D eigenvalue weighted by atomic mass is 35.5. The largest absolute Gasteiger partial charge is 0.481 e. The Morgan fingerprint density at radius 1 is 1.43 bits per heavy atom. The summed E-state index contributed by atoms with van der Waals surface area (Å²) < 4.78 is 0. The summed E-state index contributed by atoms with van der Waals surface area (Å²) in [6, 6.07) is 5.35. The number of carboxylic acid groups (broad SMARTS) is 1. The highest BCUT2D eigenvalue weighted by Gasteiger charge is 2.25. The molecule has 0 aromatic heterocycles. The van der Waals surface area contributed by atoms with Crippen LogP contribution < -0.4 is 0 Å². The molecule has 1 fully saturated rings.